The van der Waals surface area contributed by atoms with E-state index in [0.717, 1.165) is 39.7 Å². The molecule has 1 atom stereocenters. The van der Waals surface area contributed by atoms with Crippen LogP contribution < -0.4 is 5.01 Å². The van der Waals surface area contributed by atoms with Crippen molar-refractivity contribution in [3.8, 4) is 16.9 Å². The van der Waals surface area contributed by atoms with E-state index in [1.165, 1.54) is 0 Å². The number of hydrogen-bond acceptors (Lipinski definition) is 5. The topological polar surface area (TPSA) is 59.5 Å². The van der Waals surface area contributed by atoms with E-state index < -0.39 is 0 Å². The molecule has 6 nitrogen and oxygen atoms in total. The number of anilines is 1. The van der Waals surface area contributed by atoms with Crippen LogP contribution in [0.3, 0.4) is 0 Å². The zero-order valence-electron chi connectivity index (χ0n) is 17.8. The van der Waals surface area contributed by atoms with Gasteiger partial charge in [-0.15, -0.1) is 0 Å². The summed E-state index contributed by atoms with van der Waals surface area (Å²) in [5.41, 5.74) is 5.90. The second-order valence-electron chi connectivity index (χ2n) is 7.88. The van der Waals surface area contributed by atoms with Gasteiger partial charge in [-0.05, 0) is 48.5 Å². The van der Waals surface area contributed by atoms with Gasteiger partial charge in [0.05, 0.1) is 29.4 Å². The third-order valence-corrected chi connectivity index (χ3v) is 5.79. The Morgan fingerprint density at radius 1 is 0.818 bits per heavy atom. The van der Waals surface area contributed by atoms with Crippen LogP contribution in [0.1, 0.15) is 23.8 Å². The Morgan fingerprint density at radius 2 is 1.61 bits per heavy atom. The summed E-state index contributed by atoms with van der Waals surface area (Å²) >= 11 is 0. The highest BCUT2D eigenvalue weighted by atomic mass is 16.3. The average molecular weight is 431 g/mol. The van der Waals surface area contributed by atoms with E-state index in [9.17, 15) is 0 Å². The van der Waals surface area contributed by atoms with Crippen LogP contribution in [-0.2, 0) is 0 Å². The van der Waals surface area contributed by atoms with Crippen molar-refractivity contribution >= 4 is 11.4 Å². The number of para-hydroxylation sites is 2. The lowest BCUT2D eigenvalue weighted by atomic mass is 9.98. The summed E-state index contributed by atoms with van der Waals surface area (Å²) in [5, 5.41) is 12.0. The fourth-order valence-corrected chi connectivity index (χ4v) is 4.23. The van der Waals surface area contributed by atoms with Gasteiger partial charge >= 0.3 is 0 Å². The number of hydrogen-bond donors (Lipinski definition) is 0. The Kier molecular flexibility index (Phi) is 4.81. The summed E-state index contributed by atoms with van der Waals surface area (Å²) in [4.78, 5) is 4.34. The van der Waals surface area contributed by atoms with Crippen molar-refractivity contribution in [2.75, 3.05) is 5.01 Å². The molecule has 0 spiro atoms. The molecule has 5 aromatic rings. The van der Waals surface area contributed by atoms with Gasteiger partial charge in [-0.1, -0.05) is 36.4 Å². The molecule has 1 aliphatic heterocycles. The van der Waals surface area contributed by atoms with E-state index in [1.54, 1.807) is 12.5 Å². The molecular weight excluding hydrogens is 410 g/mol. The largest absolute Gasteiger partial charge is 0.463 e. The molecule has 2 aromatic carbocycles. The number of hydrazone groups is 1. The van der Waals surface area contributed by atoms with Gasteiger partial charge in [0, 0.05) is 36.1 Å². The highest BCUT2D eigenvalue weighted by molar-refractivity contribution is 6.01. The minimum Gasteiger partial charge on any atom is -0.463 e. The second-order valence-corrected chi connectivity index (χ2v) is 7.88. The van der Waals surface area contributed by atoms with Crippen molar-refractivity contribution in [2.24, 2.45) is 5.10 Å². The summed E-state index contributed by atoms with van der Waals surface area (Å²) in [6.45, 7) is 0. The minimum absolute atomic E-state index is 0.0415. The first-order valence-corrected chi connectivity index (χ1v) is 10.9. The predicted molar refractivity (Wildman–Crippen MR) is 128 cm³/mol. The van der Waals surface area contributed by atoms with E-state index in [4.69, 9.17) is 14.6 Å². The van der Waals surface area contributed by atoms with Crippen LogP contribution in [0.25, 0.3) is 16.9 Å². The zero-order chi connectivity index (χ0) is 22.0. The number of pyridine rings is 1. The van der Waals surface area contributed by atoms with Gasteiger partial charge < -0.3 is 4.42 Å². The molecule has 6 heteroatoms. The van der Waals surface area contributed by atoms with Crippen LogP contribution in [-0.4, -0.2) is 20.5 Å². The Hall–Kier alpha value is -4.45. The average Bonchev–Trinajstić information content (AvgIpc) is 3.65. The quantitative estimate of drug-likeness (QED) is 0.348. The second kappa shape index (κ2) is 8.24. The molecule has 0 unspecified atom stereocenters. The SMILES string of the molecule is c1ccc(N2N=C(c3ccco3)C[C@H]2c2cn(-c3ccccc3)nc2-c2cccnc2)cc1. The third-order valence-electron chi connectivity index (χ3n) is 5.79. The molecule has 33 heavy (non-hydrogen) atoms. The van der Waals surface area contributed by atoms with E-state index in [0.29, 0.717) is 6.42 Å². The highest BCUT2D eigenvalue weighted by Crippen LogP contribution is 2.40. The van der Waals surface area contributed by atoms with E-state index in [-0.39, 0.29) is 6.04 Å². The number of furan rings is 1. The van der Waals surface area contributed by atoms with Gasteiger partial charge in [-0.25, -0.2) is 4.68 Å². The molecule has 3 aromatic heterocycles. The Balaban J connectivity index is 1.50. The van der Waals surface area contributed by atoms with Crippen molar-refractivity contribution in [3.05, 3.63) is 121 Å². The van der Waals surface area contributed by atoms with Gasteiger partial charge in [0.15, 0.2) is 0 Å². The Labute approximate surface area is 191 Å². The fourth-order valence-electron chi connectivity index (χ4n) is 4.23. The van der Waals surface area contributed by atoms with Gasteiger partial charge in [0.2, 0.25) is 0 Å². The molecule has 0 radical (unpaired) electrons. The summed E-state index contributed by atoms with van der Waals surface area (Å²) in [6, 6.07) is 28.2. The molecule has 0 amide bonds. The van der Waals surface area contributed by atoms with Gasteiger partial charge in [0.25, 0.3) is 0 Å². The molecule has 4 heterocycles. The van der Waals surface area contributed by atoms with Gasteiger partial charge in [0.1, 0.15) is 11.5 Å². The lowest BCUT2D eigenvalue weighted by molar-refractivity contribution is 0.556. The normalized spacial score (nSPS) is 15.6. The first-order valence-electron chi connectivity index (χ1n) is 10.9. The van der Waals surface area contributed by atoms with E-state index in [1.807, 2.05) is 71.5 Å². The van der Waals surface area contributed by atoms with Gasteiger partial charge in [-0.3, -0.25) is 9.99 Å². The standard InChI is InChI=1S/C27H21N5O/c1-3-10-21(11-4-1)31-19-23(27(30-31)20-9-7-15-28-18-20)25-17-24(26-14-8-16-33-26)29-32(25)22-12-5-2-6-13-22/h1-16,18-19,25H,17H2/t25-/m0/s1. The predicted octanol–water partition coefficient (Wildman–Crippen LogP) is 5.88. The molecule has 6 rings (SSSR count). The number of benzene rings is 2. The molecule has 160 valence electrons. The maximum absolute atomic E-state index is 5.69. The van der Waals surface area contributed by atoms with Crippen LogP contribution in [0.15, 0.2) is 119 Å². The summed E-state index contributed by atoms with van der Waals surface area (Å²) < 4.78 is 7.62. The molecular formula is C27H21N5O. The molecule has 0 saturated carbocycles. The number of nitrogens with zero attached hydrogens (tertiary/aromatic N) is 5. The van der Waals surface area contributed by atoms with Crippen molar-refractivity contribution in [1.29, 1.82) is 0 Å². The lowest BCUT2D eigenvalue weighted by Gasteiger charge is -2.23. The van der Waals surface area contributed by atoms with E-state index >= 15 is 0 Å². The maximum Gasteiger partial charge on any atom is 0.149 e. The minimum atomic E-state index is -0.0415. The lowest BCUT2D eigenvalue weighted by Crippen LogP contribution is -2.18. The van der Waals surface area contributed by atoms with Crippen molar-refractivity contribution in [1.82, 2.24) is 14.8 Å². The maximum atomic E-state index is 5.69. The Morgan fingerprint density at radius 3 is 2.30 bits per heavy atom. The molecule has 0 fully saturated rings. The van der Waals surface area contributed by atoms with E-state index in [2.05, 4.69) is 40.5 Å². The Bertz CT molecular complexity index is 1380. The van der Waals surface area contributed by atoms with Crippen molar-refractivity contribution in [3.63, 3.8) is 0 Å². The summed E-state index contributed by atoms with van der Waals surface area (Å²) in [5.74, 6) is 0.789. The first-order chi connectivity index (χ1) is 16.4. The monoisotopic (exact) mass is 431 g/mol. The fraction of sp³-hybridized carbons (Fsp3) is 0.0741. The highest BCUT2D eigenvalue weighted by Gasteiger charge is 2.34. The molecule has 0 bridgehead atoms. The third kappa shape index (κ3) is 3.61. The van der Waals surface area contributed by atoms with Crippen molar-refractivity contribution < 1.29 is 4.42 Å². The number of aromatic nitrogens is 3. The number of rotatable bonds is 5. The van der Waals surface area contributed by atoms with Crippen LogP contribution >= 0.6 is 0 Å². The molecule has 1 aliphatic rings. The zero-order valence-corrected chi connectivity index (χ0v) is 17.8. The summed E-state index contributed by atoms with van der Waals surface area (Å²) in [6.07, 6.45) is 8.14. The van der Waals surface area contributed by atoms with Crippen molar-refractivity contribution in [2.45, 2.75) is 12.5 Å². The molecule has 0 saturated heterocycles. The molecule has 0 aliphatic carbocycles. The van der Waals surface area contributed by atoms with Crippen LogP contribution in [0.2, 0.25) is 0 Å². The summed E-state index contributed by atoms with van der Waals surface area (Å²) in [7, 11) is 0. The molecule has 0 N–H and O–H groups in total. The van der Waals surface area contributed by atoms with Crippen LogP contribution in [0.5, 0.6) is 0 Å². The van der Waals surface area contributed by atoms with Crippen LogP contribution in [0, 0.1) is 0 Å². The smallest absolute Gasteiger partial charge is 0.149 e. The van der Waals surface area contributed by atoms with Gasteiger partial charge in [-0.2, -0.15) is 10.2 Å². The first kappa shape index (κ1) is 19.3. The van der Waals surface area contributed by atoms with Crippen LogP contribution in [0.4, 0.5) is 5.69 Å².